The molecule has 0 radical (unpaired) electrons. The first-order valence-corrected chi connectivity index (χ1v) is 6.33. The van der Waals surface area contributed by atoms with E-state index in [1.54, 1.807) is 23.3 Å². The van der Waals surface area contributed by atoms with Crippen LogP contribution in [0.25, 0.3) is 11.4 Å². The molecule has 6 nitrogen and oxygen atoms in total. The molecule has 0 aliphatic heterocycles. The van der Waals surface area contributed by atoms with E-state index in [4.69, 9.17) is 0 Å². The van der Waals surface area contributed by atoms with Crippen LogP contribution in [0.4, 0.5) is 0 Å². The lowest BCUT2D eigenvalue weighted by atomic mass is 10.2. The van der Waals surface area contributed by atoms with Gasteiger partial charge in [-0.25, -0.2) is 9.97 Å². The van der Waals surface area contributed by atoms with E-state index in [0.717, 1.165) is 16.8 Å². The van der Waals surface area contributed by atoms with E-state index in [1.165, 1.54) is 7.11 Å². The molecule has 2 aromatic rings. The SMILES string of the molecule is COC(=O)CC[n+]1ccc(-c2ncc(C)c(C)n2)cn1. The minimum atomic E-state index is -0.249. The van der Waals surface area contributed by atoms with Crippen LogP contribution >= 0.6 is 0 Å². The maximum Gasteiger partial charge on any atom is 0.312 e. The Hall–Kier alpha value is -2.37. The second-order valence-corrected chi connectivity index (χ2v) is 4.47. The maximum absolute atomic E-state index is 11.1. The smallest absolute Gasteiger partial charge is 0.312 e. The van der Waals surface area contributed by atoms with Gasteiger partial charge in [-0.1, -0.05) is 4.68 Å². The third kappa shape index (κ3) is 3.34. The highest BCUT2D eigenvalue weighted by molar-refractivity contribution is 5.68. The van der Waals surface area contributed by atoms with Crippen molar-refractivity contribution in [3.05, 3.63) is 35.9 Å². The summed E-state index contributed by atoms with van der Waals surface area (Å²) in [5, 5.41) is 4.24. The van der Waals surface area contributed by atoms with Gasteiger partial charge in [-0.05, 0) is 24.5 Å². The number of methoxy groups -OCH3 is 1. The fourth-order valence-electron chi connectivity index (χ4n) is 1.62. The van der Waals surface area contributed by atoms with Gasteiger partial charge in [0.05, 0.1) is 7.11 Å². The predicted octanol–water partition coefficient (Wildman–Crippen LogP) is 1.01. The van der Waals surface area contributed by atoms with E-state index in [2.05, 4.69) is 19.8 Å². The molecule has 0 atom stereocenters. The van der Waals surface area contributed by atoms with Gasteiger partial charge in [0.25, 0.3) is 0 Å². The molecule has 0 bridgehead atoms. The summed E-state index contributed by atoms with van der Waals surface area (Å²) in [4.78, 5) is 19.8. The van der Waals surface area contributed by atoms with Gasteiger partial charge in [0.2, 0.25) is 0 Å². The van der Waals surface area contributed by atoms with Crippen molar-refractivity contribution in [2.75, 3.05) is 7.11 Å². The van der Waals surface area contributed by atoms with Crippen LogP contribution in [0.2, 0.25) is 0 Å². The molecule has 0 N–H and O–H groups in total. The quantitative estimate of drug-likeness (QED) is 0.614. The van der Waals surface area contributed by atoms with Crippen LogP contribution in [-0.4, -0.2) is 28.1 Å². The fraction of sp³-hybridized carbons (Fsp3) is 0.357. The first-order chi connectivity index (χ1) is 9.60. The van der Waals surface area contributed by atoms with Gasteiger partial charge < -0.3 is 4.74 Å². The highest BCUT2D eigenvalue weighted by atomic mass is 16.5. The summed E-state index contributed by atoms with van der Waals surface area (Å²) in [5.41, 5.74) is 2.87. The first kappa shape index (κ1) is 14.0. The summed E-state index contributed by atoms with van der Waals surface area (Å²) in [6.45, 7) is 4.41. The molecule has 0 saturated heterocycles. The number of aromatic nitrogens is 4. The standard InChI is InChI=1S/C14H17N4O2/c1-10-8-15-14(17-11(10)2)12-4-6-18(16-9-12)7-5-13(19)20-3/h4,6,8-9H,5,7H2,1-3H3/q+1. The summed E-state index contributed by atoms with van der Waals surface area (Å²) in [5.74, 6) is 0.404. The second-order valence-electron chi connectivity index (χ2n) is 4.47. The van der Waals surface area contributed by atoms with E-state index in [-0.39, 0.29) is 5.97 Å². The number of nitrogens with zero attached hydrogens (tertiary/aromatic N) is 4. The van der Waals surface area contributed by atoms with Crippen LogP contribution in [0.3, 0.4) is 0 Å². The summed E-state index contributed by atoms with van der Waals surface area (Å²) in [6.07, 6.45) is 5.60. The van der Waals surface area contributed by atoms with Gasteiger partial charge in [-0.3, -0.25) is 4.79 Å². The number of carbonyl (C=O) groups excluding carboxylic acids is 1. The molecule has 2 heterocycles. The molecule has 2 aromatic heterocycles. The molecular formula is C14H17N4O2+. The summed E-state index contributed by atoms with van der Waals surface area (Å²) >= 11 is 0. The van der Waals surface area contributed by atoms with E-state index in [9.17, 15) is 4.79 Å². The average Bonchev–Trinajstić information content (AvgIpc) is 2.48. The van der Waals surface area contributed by atoms with E-state index in [0.29, 0.717) is 18.8 Å². The molecule has 0 unspecified atom stereocenters. The van der Waals surface area contributed by atoms with Crippen molar-refractivity contribution in [2.45, 2.75) is 26.8 Å². The van der Waals surface area contributed by atoms with Crippen LogP contribution < -0.4 is 4.68 Å². The Morgan fingerprint density at radius 3 is 2.75 bits per heavy atom. The maximum atomic E-state index is 11.1. The first-order valence-electron chi connectivity index (χ1n) is 6.33. The molecule has 0 spiro atoms. The largest absolute Gasteiger partial charge is 0.469 e. The van der Waals surface area contributed by atoms with E-state index >= 15 is 0 Å². The molecule has 0 fully saturated rings. The van der Waals surface area contributed by atoms with Crippen LogP contribution in [0, 0.1) is 13.8 Å². The monoisotopic (exact) mass is 273 g/mol. The number of rotatable bonds is 4. The lowest BCUT2D eigenvalue weighted by Gasteiger charge is -2.02. The minimum absolute atomic E-state index is 0.249. The van der Waals surface area contributed by atoms with Crippen molar-refractivity contribution >= 4 is 5.97 Å². The van der Waals surface area contributed by atoms with E-state index in [1.807, 2.05) is 19.9 Å². The fourth-order valence-corrected chi connectivity index (χ4v) is 1.62. The van der Waals surface area contributed by atoms with Crippen molar-refractivity contribution in [2.24, 2.45) is 0 Å². The van der Waals surface area contributed by atoms with Crippen molar-refractivity contribution in [1.29, 1.82) is 0 Å². The molecule has 0 aromatic carbocycles. The second kappa shape index (κ2) is 6.18. The summed E-state index contributed by atoms with van der Waals surface area (Å²) < 4.78 is 6.27. The number of ether oxygens (including phenoxy) is 1. The van der Waals surface area contributed by atoms with E-state index < -0.39 is 0 Å². The number of hydrogen-bond donors (Lipinski definition) is 0. The van der Waals surface area contributed by atoms with Crippen molar-refractivity contribution < 1.29 is 14.2 Å². The summed E-state index contributed by atoms with van der Waals surface area (Å²) in [7, 11) is 1.38. The molecule has 0 saturated carbocycles. The number of esters is 1. The molecule has 0 aliphatic rings. The van der Waals surface area contributed by atoms with Crippen molar-refractivity contribution in [1.82, 2.24) is 15.1 Å². The Labute approximate surface area is 117 Å². The molecule has 20 heavy (non-hydrogen) atoms. The Morgan fingerprint density at radius 2 is 2.15 bits per heavy atom. The normalized spacial score (nSPS) is 10.3. The van der Waals surface area contributed by atoms with Crippen LogP contribution in [0.15, 0.2) is 24.7 Å². The number of aryl methyl sites for hydroxylation is 3. The molecular weight excluding hydrogens is 256 g/mol. The zero-order valence-electron chi connectivity index (χ0n) is 11.8. The molecule has 2 rings (SSSR count). The van der Waals surface area contributed by atoms with Crippen LogP contribution in [-0.2, 0) is 16.1 Å². The number of hydrogen-bond acceptors (Lipinski definition) is 5. The highest BCUT2D eigenvalue weighted by Crippen LogP contribution is 2.13. The summed E-state index contributed by atoms with van der Waals surface area (Å²) in [6, 6.07) is 1.88. The minimum Gasteiger partial charge on any atom is -0.469 e. The molecule has 0 amide bonds. The van der Waals surface area contributed by atoms with Gasteiger partial charge in [0.15, 0.2) is 18.6 Å². The molecule has 6 heteroatoms. The Morgan fingerprint density at radius 1 is 1.35 bits per heavy atom. The Kier molecular flexibility index (Phi) is 4.34. The van der Waals surface area contributed by atoms with Crippen LogP contribution in [0.1, 0.15) is 17.7 Å². The molecule has 0 aliphatic carbocycles. The Bertz CT molecular complexity index is 611. The van der Waals surface area contributed by atoms with Gasteiger partial charge in [0.1, 0.15) is 12.6 Å². The lowest BCUT2D eigenvalue weighted by Crippen LogP contribution is -2.38. The van der Waals surface area contributed by atoms with Crippen molar-refractivity contribution in [3.63, 3.8) is 0 Å². The van der Waals surface area contributed by atoms with Gasteiger partial charge >= 0.3 is 5.97 Å². The predicted molar refractivity (Wildman–Crippen MR) is 71.6 cm³/mol. The third-order valence-corrected chi connectivity index (χ3v) is 3.03. The molecule has 104 valence electrons. The highest BCUT2D eigenvalue weighted by Gasteiger charge is 2.10. The van der Waals surface area contributed by atoms with Gasteiger partial charge in [-0.2, -0.15) is 0 Å². The number of carbonyl (C=O) groups is 1. The van der Waals surface area contributed by atoms with Crippen molar-refractivity contribution in [3.8, 4) is 11.4 Å². The lowest BCUT2D eigenvalue weighted by molar-refractivity contribution is -0.752. The third-order valence-electron chi connectivity index (χ3n) is 3.03. The zero-order valence-corrected chi connectivity index (χ0v) is 11.8. The Balaban J connectivity index is 2.11. The zero-order chi connectivity index (χ0) is 14.5. The van der Waals surface area contributed by atoms with Gasteiger partial charge in [0, 0.05) is 23.5 Å². The van der Waals surface area contributed by atoms with Crippen LogP contribution in [0.5, 0.6) is 0 Å². The topological polar surface area (TPSA) is 68.8 Å². The average molecular weight is 273 g/mol. The van der Waals surface area contributed by atoms with Gasteiger partial charge in [-0.15, -0.1) is 0 Å².